The Bertz CT molecular complexity index is 155. The van der Waals surface area contributed by atoms with Crippen molar-refractivity contribution in [2.75, 3.05) is 7.05 Å². The largest absolute Gasteiger partial charge is 0.443 e. The van der Waals surface area contributed by atoms with Crippen molar-refractivity contribution < 1.29 is 9.49 Å². The van der Waals surface area contributed by atoms with Gasteiger partial charge in [0.05, 0.1) is 6.92 Å². The van der Waals surface area contributed by atoms with Crippen LogP contribution in [0.25, 0.3) is 0 Å². The van der Waals surface area contributed by atoms with Crippen molar-refractivity contribution in [3.8, 4) is 0 Å². The topological polar surface area (TPSA) is 29.5 Å². The van der Waals surface area contributed by atoms with Crippen molar-refractivity contribution in [2.24, 2.45) is 4.99 Å². The lowest BCUT2D eigenvalue weighted by Gasteiger charge is -1.55. The second-order valence-corrected chi connectivity index (χ2v) is 1.47. The van der Waals surface area contributed by atoms with E-state index in [-0.39, 0.29) is 0 Å². The summed E-state index contributed by atoms with van der Waals surface area (Å²) in [6, 6.07) is 0. The minimum Gasteiger partial charge on any atom is -0.0141 e. The van der Waals surface area contributed by atoms with Crippen LogP contribution >= 0.6 is 0 Å². The van der Waals surface area contributed by atoms with E-state index in [1.54, 1.807) is 11.0 Å². The van der Waals surface area contributed by atoms with Gasteiger partial charge in [-0.25, -0.2) is 0 Å². The minimum absolute atomic E-state index is 0.822. The molecule has 36 valence electrons. The second-order valence-electron chi connectivity index (χ2n) is 1.47. The number of nitrogens with zero attached hydrogens (tertiary/aromatic N) is 3. The molecule has 1 aliphatic rings. The van der Waals surface area contributed by atoms with E-state index in [1.807, 2.05) is 14.0 Å². The van der Waals surface area contributed by atoms with Crippen molar-refractivity contribution in [1.82, 2.24) is 0 Å². The molecule has 0 spiro atoms. The fraction of sp³-hybridized carbons (Fsp3) is 0.500. The Balaban J connectivity index is 3.03. The van der Waals surface area contributed by atoms with Crippen LogP contribution in [-0.4, -0.2) is 28.7 Å². The van der Waals surface area contributed by atoms with Crippen molar-refractivity contribution >= 4 is 12.2 Å². The van der Waals surface area contributed by atoms with Crippen molar-refractivity contribution in [3.63, 3.8) is 0 Å². The van der Waals surface area contributed by atoms with Crippen LogP contribution < -0.4 is 0 Å². The van der Waals surface area contributed by atoms with Gasteiger partial charge in [0, 0.05) is 4.99 Å². The molecule has 0 atom stereocenters. The summed E-state index contributed by atoms with van der Waals surface area (Å²) in [4.78, 5) is 7.78. The fourth-order valence-corrected chi connectivity index (χ4v) is 0.447. The van der Waals surface area contributed by atoms with Gasteiger partial charge in [-0.15, -0.1) is 0 Å². The van der Waals surface area contributed by atoms with E-state index < -0.39 is 0 Å². The Morgan fingerprint density at radius 3 is 2.71 bits per heavy atom. The van der Waals surface area contributed by atoms with E-state index in [9.17, 15) is 0 Å². The Labute approximate surface area is 41.7 Å². The quantitative estimate of drug-likeness (QED) is 0.295. The SMILES string of the molecule is CC1=[N+]=[N+](C)C=N1. The van der Waals surface area contributed by atoms with Crippen LogP contribution in [0.1, 0.15) is 6.92 Å². The van der Waals surface area contributed by atoms with Gasteiger partial charge in [-0.05, 0) is 9.49 Å². The van der Waals surface area contributed by atoms with E-state index in [0.717, 1.165) is 5.84 Å². The summed E-state index contributed by atoms with van der Waals surface area (Å²) >= 11 is 0. The molecule has 3 heteroatoms. The van der Waals surface area contributed by atoms with Crippen molar-refractivity contribution in [1.29, 1.82) is 0 Å². The lowest BCUT2D eigenvalue weighted by atomic mass is 10.7. The first kappa shape index (κ1) is 4.22. The molecule has 1 rings (SSSR count). The number of hydrogen-bond donors (Lipinski definition) is 0. The minimum atomic E-state index is 0.822. The average molecular weight is 97.1 g/mol. The van der Waals surface area contributed by atoms with Crippen molar-refractivity contribution in [3.05, 3.63) is 0 Å². The Morgan fingerprint density at radius 2 is 2.57 bits per heavy atom. The molecule has 1 heterocycles. The van der Waals surface area contributed by atoms with Gasteiger partial charge in [-0.2, -0.15) is 0 Å². The van der Waals surface area contributed by atoms with Gasteiger partial charge in [0.1, 0.15) is 7.05 Å². The first-order valence-corrected chi connectivity index (χ1v) is 2.11. The molecular formula is C4H7N3+2. The predicted octanol–water partition coefficient (Wildman–Crippen LogP) is -0.251. The molecule has 0 fully saturated rings. The lowest BCUT2D eigenvalue weighted by Crippen LogP contribution is -1.94. The Hall–Kier alpha value is -0.950. The van der Waals surface area contributed by atoms with Crippen LogP contribution in [0.5, 0.6) is 0 Å². The highest BCUT2D eigenvalue weighted by atomic mass is 15.3. The smallest absolute Gasteiger partial charge is 0.0141 e. The molecule has 0 amide bonds. The summed E-state index contributed by atoms with van der Waals surface area (Å²) in [7, 11) is 1.85. The van der Waals surface area contributed by atoms with Gasteiger partial charge in [0.25, 0.3) is 0 Å². The van der Waals surface area contributed by atoms with Gasteiger partial charge in [-0.3, -0.25) is 0 Å². The molecule has 0 saturated heterocycles. The zero-order chi connectivity index (χ0) is 5.28. The van der Waals surface area contributed by atoms with Crippen LogP contribution in [0.4, 0.5) is 0 Å². The van der Waals surface area contributed by atoms with Crippen LogP contribution in [-0.2, 0) is 0 Å². The predicted molar refractivity (Wildman–Crippen MR) is 25.6 cm³/mol. The van der Waals surface area contributed by atoms with Crippen LogP contribution in [0.15, 0.2) is 4.99 Å². The monoisotopic (exact) mass is 97.1 g/mol. The van der Waals surface area contributed by atoms with Crippen LogP contribution in [0.2, 0.25) is 0 Å². The highest BCUT2D eigenvalue weighted by Crippen LogP contribution is 1.73. The summed E-state index contributed by atoms with van der Waals surface area (Å²) in [6.45, 7) is 1.86. The third kappa shape index (κ3) is 0.725. The molecule has 0 radical (unpaired) electrons. The maximum atomic E-state index is 3.92. The number of amidine groups is 1. The standard InChI is InChI=1S/C4H7N3/c1-4-5-3-7(2)6-4/h3H,1-2H3/q+2. The molecule has 0 bridgehead atoms. The molecule has 0 aromatic heterocycles. The maximum Gasteiger partial charge on any atom is 0.443 e. The normalized spacial score (nSPS) is 16.9. The zero-order valence-electron chi connectivity index (χ0n) is 4.42. The van der Waals surface area contributed by atoms with Crippen molar-refractivity contribution in [2.45, 2.75) is 6.92 Å². The van der Waals surface area contributed by atoms with Crippen LogP contribution in [0.3, 0.4) is 0 Å². The summed E-state index contributed by atoms with van der Waals surface area (Å²) in [6.07, 6.45) is 1.68. The second kappa shape index (κ2) is 1.28. The third-order valence-corrected chi connectivity index (χ3v) is 0.714. The van der Waals surface area contributed by atoms with E-state index in [4.69, 9.17) is 0 Å². The molecule has 0 N–H and O–H groups in total. The fourth-order valence-electron chi connectivity index (χ4n) is 0.447. The molecule has 0 aromatic rings. The summed E-state index contributed by atoms with van der Waals surface area (Å²) in [5, 5.41) is 0. The first-order chi connectivity index (χ1) is 3.29. The highest BCUT2D eigenvalue weighted by Gasteiger charge is 2.08. The molecular weight excluding hydrogens is 90.1 g/mol. The first-order valence-electron chi connectivity index (χ1n) is 2.11. The molecule has 0 unspecified atom stereocenters. The van der Waals surface area contributed by atoms with Gasteiger partial charge in [-0.1, -0.05) is 0 Å². The molecule has 1 aliphatic heterocycles. The Morgan fingerprint density at radius 1 is 1.86 bits per heavy atom. The molecule has 0 aliphatic carbocycles. The van der Waals surface area contributed by atoms with Gasteiger partial charge < -0.3 is 0 Å². The van der Waals surface area contributed by atoms with E-state index in [2.05, 4.69) is 9.78 Å². The lowest BCUT2D eigenvalue weighted by molar-refractivity contribution is -0.746. The number of rotatable bonds is 0. The molecule has 0 aromatic carbocycles. The third-order valence-electron chi connectivity index (χ3n) is 0.714. The highest BCUT2D eigenvalue weighted by molar-refractivity contribution is 5.81. The summed E-state index contributed by atoms with van der Waals surface area (Å²) in [5.74, 6) is 0.822. The molecule has 7 heavy (non-hydrogen) atoms. The molecule has 3 nitrogen and oxygen atoms in total. The summed E-state index contributed by atoms with van der Waals surface area (Å²) in [5.41, 5.74) is 0. The van der Waals surface area contributed by atoms with E-state index in [1.165, 1.54) is 0 Å². The number of hydrogen-bond acceptors (Lipinski definition) is 1. The summed E-state index contributed by atoms with van der Waals surface area (Å²) < 4.78 is 1.68. The van der Waals surface area contributed by atoms with Gasteiger partial charge in [0.15, 0.2) is 0 Å². The van der Waals surface area contributed by atoms with Crippen LogP contribution in [0, 0.1) is 0 Å². The average Bonchev–Trinajstić information content (AvgIpc) is 1.87. The number of aliphatic imine (C=N–C) groups is 1. The van der Waals surface area contributed by atoms with E-state index >= 15 is 0 Å². The maximum absolute atomic E-state index is 3.92. The molecule has 0 saturated carbocycles. The van der Waals surface area contributed by atoms with E-state index in [0.29, 0.717) is 0 Å². The zero-order valence-corrected chi connectivity index (χ0v) is 4.42. The van der Waals surface area contributed by atoms with Gasteiger partial charge in [0.2, 0.25) is 0 Å². The Kier molecular flexibility index (Phi) is 0.770. The van der Waals surface area contributed by atoms with Gasteiger partial charge >= 0.3 is 12.2 Å².